The summed E-state index contributed by atoms with van der Waals surface area (Å²) in [5, 5.41) is 9.31. The van der Waals surface area contributed by atoms with Crippen molar-refractivity contribution in [2.45, 2.75) is 31.4 Å². The van der Waals surface area contributed by atoms with Crippen LogP contribution >= 0.6 is 0 Å². The summed E-state index contributed by atoms with van der Waals surface area (Å²) in [6, 6.07) is 0.611. The SMILES string of the molecule is CN(C)C1CC(C)(O)C1. The van der Waals surface area contributed by atoms with Crippen LogP contribution in [0.5, 0.6) is 0 Å². The van der Waals surface area contributed by atoms with Crippen LogP contribution in [0.25, 0.3) is 0 Å². The fourth-order valence-electron chi connectivity index (χ4n) is 1.32. The summed E-state index contributed by atoms with van der Waals surface area (Å²) >= 11 is 0. The van der Waals surface area contributed by atoms with E-state index in [0.717, 1.165) is 12.8 Å². The predicted octanol–water partition coefficient (Wildman–Crippen LogP) is 0.461. The van der Waals surface area contributed by atoms with Crippen LogP contribution < -0.4 is 0 Å². The maximum Gasteiger partial charge on any atom is 0.0649 e. The molecule has 0 amide bonds. The van der Waals surface area contributed by atoms with Gasteiger partial charge in [0.2, 0.25) is 0 Å². The van der Waals surface area contributed by atoms with Crippen molar-refractivity contribution in [2.24, 2.45) is 0 Å². The highest BCUT2D eigenvalue weighted by atomic mass is 16.3. The van der Waals surface area contributed by atoms with Crippen LogP contribution in [0, 0.1) is 0 Å². The second-order valence-corrected chi connectivity index (χ2v) is 3.52. The second kappa shape index (κ2) is 1.96. The zero-order valence-corrected chi connectivity index (χ0v) is 6.39. The lowest BCUT2D eigenvalue weighted by atomic mass is 9.77. The average molecular weight is 129 g/mol. The molecule has 1 fully saturated rings. The minimum atomic E-state index is -0.366. The van der Waals surface area contributed by atoms with Crippen LogP contribution in [0.4, 0.5) is 0 Å². The van der Waals surface area contributed by atoms with E-state index in [9.17, 15) is 5.11 Å². The molecule has 9 heavy (non-hydrogen) atoms. The first-order chi connectivity index (χ1) is 4.01. The van der Waals surface area contributed by atoms with Crippen molar-refractivity contribution in [2.75, 3.05) is 14.1 Å². The molecule has 1 rings (SSSR count). The van der Waals surface area contributed by atoms with Gasteiger partial charge in [0.15, 0.2) is 0 Å². The van der Waals surface area contributed by atoms with Crippen molar-refractivity contribution in [1.82, 2.24) is 4.90 Å². The molecule has 1 aliphatic rings. The van der Waals surface area contributed by atoms with E-state index < -0.39 is 0 Å². The Hall–Kier alpha value is -0.0800. The van der Waals surface area contributed by atoms with Crippen molar-refractivity contribution < 1.29 is 5.11 Å². The van der Waals surface area contributed by atoms with Crippen LogP contribution in [-0.4, -0.2) is 35.7 Å². The number of rotatable bonds is 1. The molecule has 0 saturated heterocycles. The Morgan fingerprint density at radius 3 is 2.00 bits per heavy atom. The van der Waals surface area contributed by atoms with Gasteiger partial charge in [0.25, 0.3) is 0 Å². The van der Waals surface area contributed by atoms with Crippen molar-refractivity contribution in [1.29, 1.82) is 0 Å². The van der Waals surface area contributed by atoms with Crippen LogP contribution in [0.3, 0.4) is 0 Å². The van der Waals surface area contributed by atoms with E-state index in [1.165, 1.54) is 0 Å². The van der Waals surface area contributed by atoms with Gasteiger partial charge in [0, 0.05) is 6.04 Å². The van der Waals surface area contributed by atoms with Crippen LogP contribution in [0.1, 0.15) is 19.8 Å². The lowest BCUT2D eigenvalue weighted by Crippen LogP contribution is -2.51. The highest BCUT2D eigenvalue weighted by Crippen LogP contribution is 2.33. The van der Waals surface area contributed by atoms with E-state index >= 15 is 0 Å². The summed E-state index contributed by atoms with van der Waals surface area (Å²) in [5.41, 5.74) is -0.366. The van der Waals surface area contributed by atoms with Gasteiger partial charge in [-0.2, -0.15) is 0 Å². The second-order valence-electron chi connectivity index (χ2n) is 3.52. The molecule has 0 unspecified atom stereocenters. The molecule has 1 N–H and O–H groups in total. The molecular formula is C7H15NO. The first-order valence-electron chi connectivity index (χ1n) is 3.40. The molecule has 2 heteroatoms. The third kappa shape index (κ3) is 1.43. The van der Waals surface area contributed by atoms with Gasteiger partial charge < -0.3 is 10.0 Å². The van der Waals surface area contributed by atoms with Crippen molar-refractivity contribution in [3.8, 4) is 0 Å². The molecule has 0 atom stereocenters. The summed E-state index contributed by atoms with van der Waals surface area (Å²) in [5.74, 6) is 0. The van der Waals surface area contributed by atoms with Gasteiger partial charge in [-0.25, -0.2) is 0 Å². The summed E-state index contributed by atoms with van der Waals surface area (Å²) < 4.78 is 0. The van der Waals surface area contributed by atoms with E-state index in [-0.39, 0.29) is 5.60 Å². The molecule has 1 saturated carbocycles. The summed E-state index contributed by atoms with van der Waals surface area (Å²) in [7, 11) is 4.11. The minimum Gasteiger partial charge on any atom is -0.390 e. The van der Waals surface area contributed by atoms with Gasteiger partial charge in [-0.15, -0.1) is 0 Å². The third-order valence-corrected chi connectivity index (χ3v) is 2.08. The monoisotopic (exact) mass is 129 g/mol. The van der Waals surface area contributed by atoms with E-state index in [1.54, 1.807) is 0 Å². The third-order valence-electron chi connectivity index (χ3n) is 2.08. The highest BCUT2D eigenvalue weighted by Gasteiger charge is 2.39. The number of hydrogen-bond acceptors (Lipinski definition) is 2. The summed E-state index contributed by atoms with van der Waals surface area (Å²) in [6.07, 6.45) is 1.86. The van der Waals surface area contributed by atoms with Gasteiger partial charge in [-0.3, -0.25) is 0 Å². The van der Waals surface area contributed by atoms with E-state index in [4.69, 9.17) is 0 Å². The lowest BCUT2D eigenvalue weighted by Gasteiger charge is -2.44. The Balaban J connectivity index is 2.27. The standard InChI is InChI=1S/C7H15NO/c1-7(9)4-6(5-7)8(2)3/h6,9H,4-5H2,1-3H3. The molecule has 0 aromatic carbocycles. The zero-order chi connectivity index (χ0) is 7.07. The Morgan fingerprint density at radius 2 is 1.89 bits per heavy atom. The predicted molar refractivity (Wildman–Crippen MR) is 37.3 cm³/mol. The fourth-order valence-corrected chi connectivity index (χ4v) is 1.32. The lowest BCUT2D eigenvalue weighted by molar-refractivity contribution is -0.0663. The zero-order valence-electron chi connectivity index (χ0n) is 6.39. The molecule has 2 nitrogen and oxygen atoms in total. The Morgan fingerprint density at radius 1 is 1.44 bits per heavy atom. The normalized spacial score (nSPS) is 43.0. The van der Waals surface area contributed by atoms with Crippen LogP contribution in [-0.2, 0) is 0 Å². The number of hydrogen-bond donors (Lipinski definition) is 1. The Kier molecular flexibility index (Phi) is 1.53. The maximum atomic E-state index is 9.31. The Labute approximate surface area is 56.5 Å². The highest BCUT2D eigenvalue weighted by molar-refractivity contribution is 4.94. The van der Waals surface area contributed by atoms with E-state index in [0.29, 0.717) is 6.04 Å². The molecule has 1 aliphatic carbocycles. The molecule has 0 aromatic heterocycles. The van der Waals surface area contributed by atoms with Gasteiger partial charge >= 0.3 is 0 Å². The summed E-state index contributed by atoms with van der Waals surface area (Å²) in [6.45, 7) is 1.90. The average Bonchev–Trinajstić information content (AvgIpc) is 1.59. The van der Waals surface area contributed by atoms with E-state index in [1.807, 2.05) is 6.92 Å². The number of nitrogens with zero attached hydrogens (tertiary/aromatic N) is 1. The molecule has 0 aromatic rings. The maximum absolute atomic E-state index is 9.31. The topological polar surface area (TPSA) is 23.5 Å². The van der Waals surface area contributed by atoms with Crippen molar-refractivity contribution in [3.63, 3.8) is 0 Å². The molecular weight excluding hydrogens is 114 g/mol. The smallest absolute Gasteiger partial charge is 0.0649 e. The van der Waals surface area contributed by atoms with Gasteiger partial charge in [0.05, 0.1) is 5.60 Å². The molecule has 0 aliphatic heterocycles. The largest absolute Gasteiger partial charge is 0.390 e. The quantitative estimate of drug-likeness (QED) is 0.556. The minimum absolute atomic E-state index is 0.366. The van der Waals surface area contributed by atoms with Crippen molar-refractivity contribution >= 4 is 0 Å². The van der Waals surface area contributed by atoms with Crippen LogP contribution in [0.2, 0.25) is 0 Å². The first-order valence-corrected chi connectivity index (χ1v) is 3.40. The van der Waals surface area contributed by atoms with Gasteiger partial charge in [0.1, 0.15) is 0 Å². The molecule has 54 valence electrons. The first kappa shape index (κ1) is 7.03. The fraction of sp³-hybridized carbons (Fsp3) is 1.00. The van der Waals surface area contributed by atoms with Crippen LogP contribution in [0.15, 0.2) is 0 Å². The molecule has 0 heterocycles. The van der Waals surface area contributed by atoms with Crippen molar-refractivity contribution in [3.05, 3.63) is 0 Å². The van der Waals surface area contributed by atoms with E-state index in [2.05, 4.69) is 19.0 Å². The Bertz CT molecular complexity index is 101. The molecule has 0 radical (unpaired) electrons. The summed E-state index contributed by atoms with van der Waals surface area (Å²) in [4.78, 5) is 2.16. The molecule has 0 bridgehead atoms. The van der Waals surface area contributed by atoms with Gasteiger partial charge in [-0.1, -0.05) is 0 Å². The molecule has 0 spiro atoms. The number of aliphatic hydroxyl groups is 1. The van der Waals surface area contributed by atoms with Gasteiger partial charge in [-0.05, 0) is 33.9 Å².